The van der Waals surface area contributed by atoms with Gasteiger partial charge in [0.15, 0.2) is 0 Å². The van der Waals surface area contributed by atoms with Crippen LogP contribution in [0, 0.1) is 12.3 Å². The number of aromatic nitrogens is 1. The Labute approximate surface area is 157 Å². The molecule has 0 bridgehead atoms. The van der Waals surface area contributed by atoms with Gasteiger partial charge in [-0.15, -0.1) is 12.4 Å². The number of halogens is 1. The van der Waals surface area contributed by atoms with Crippen molar-refractivity contribution in [3.8, 4) is 0 Å². The summed E-state index contributed by atoms with van der Waals surface area (Å²) < 4.78 is 5.99. The van der Waals surface area contributed by atoms with Gasteiger partial charge in [0.05, 0.1) is 23.1 Å². The van der Waals surface area contributed by atoms with E-state index >= 15 is 0 Å². The molecule has 0 radical (unpaired) electrons. The van der Waals surface area contributed by atoms with Crippen LogP contribution in [0.5, 0.6) is 0 Å². The minimum absolute atomic E-state index is 0. The zero-order chi connectivity index (χ0) is 17.9. The first-order valence-corrected chi connectivity index (χ1v) is 8.88. The van der Waals surface area contributed by atoms with E-state index in [1.807, 2.05) is 31.0 Å². The lowest BCUT2D eigenvalue weighted by molar-refractivity contribution is -0.140. The molecule has 1 aromatic heterocycles. The van der Waals surface area contributed by atoms with Crippen molar-refractivity contribution in [2.75, 3.05) is 13.7 Å². The second kappa shape index (κ2) is 8.97. The zero-order valence-electron chi connectivity index (χ0n) is 16.0. The number of nitrogens with two attached hydrogens (primary N) is 1. The van der Waals surface area contributed by atoms with Gasteiger partial charge < -0.3 is 15.4 Å². The molecule has 1 aliphatic rings. The Hall–Kier alpha value is -1.17. The van der Waals surface area contributed by atoms with Gasteiger partial charge in [-0.1, -0.05) is 27.2 Å². The molecule has 1 fully saturated rings. The normalized spacial score (nSPS) is 21.2. The highest BCUT2D eigenvalue weighted by Crippen LogP contribution is 2.45. The fourth-order valence-electron chi connectivity index (χ4n) is 3.46. The lowest BCUT2D eigenvalue weighted by Crippen LogP contribution is -2.62. The van der Waals surface area contributed by atoms with E-state index < -0.39 is 0 Å². The topological polar surface area (TPSA) is 68.5 Å². The molecule has 25 heavy (non-hydrogen) atoms. The Balaban J connectivity index is 0.00000312. The highest BCUT2D eigenvalue weighted by Gasteiger charge is 2.52. The second-order valence-electron chi connectivity index (χ2n) is 7.34. The van der Waals surface area contributed by atoms with Crippen molar-refractivity contribution in [1.82, 2.24) is 9.88 Å². The molecule has 1 amide bonds. The first-order valence-electron chi connectivity index (χ1n) is 8.88. The van der Waals surface area contributed by atoms with Crippen molar-refractivity contribution in [2.24, 2.45) is 11.1 Å². The summed E-state index contributed by atoms with van der Waals surface area (Å²) in [5.41, 5.74) is 7.78. The standard InChI is InChI=1S/C19H31N3O2.ClH/c1-6-7-10-24-17-11-16(19(17,3)4)22(5)18(23)15-9-8-14(12-20)21-13(15)2;/h8-9,16-17H,6-7,10-12,20H2,1-5H3;1H. The van der Waals surface area contributed by atoms with Gasteiger partial charge in [0, 0.05) is 31.7 Å². The molecule has 1 aliphatic carbocycles. The van der Waals surface area contributed by atoms with E-state index in [9.17, 15) is 4.79 Å². The van der Waals surface area contributed by atoms with Crippen LogP contribution in [0.15, 0.2) is 12.1 Å². The minimum atomic E-state index is -0.0311. The Morgan fingerprint density at radius 3 is 2.64 bits per heavy atom. The maximum Gasteiger partial charge on any atom is 0.255 e. The summed E-state index contributed by atoms with van der Waals surface area (Å²) in [7, 11) is 1.88. The predicted octanol–water partition coefficient (Wildman–Crippen LogP) is 3.33. The smallest absolute Gasteiger partial charge is 0.255 e. The average Bonchev–Trinajstić information content (AvgIpc) is 2.56. The maximum absolute atomic E-state index is 12.9. The van der Waals surface area contributed by atoms with Gasteiger partial charge in [0.1, 0.15) is 0 Å². The number of rotatable bonds is 7. The maximum atomic E-state index is 12.9. The number of hydrogen-bond acceptors (Lipinski definition) is 4. The molecule has 0 saturated heterocycles. The summed E-state index contributed by atoms with van der Waals surface area (Å²) in [6.07, 6.45) is 3.35. The molecule has 1 aromatic rings. The molecule has 1 saturated carbocycles. The molecular formula is C19H32ClN3O2. The number of amides is 1. The Morgan fingerprint density at radius 1 is 1.44 bits per heavy atom. The first-order chi connectivity index (χ1) is 11.3. The summed E-state index contributed by atoms with van der Waals surface area (Å²) >= 11 is 0. The van der Waals surface area contributed by atoms with Gasteiger partial charge >= 0.3 is 0 Å². The van der Waals surface area contributed by atoms with Crippen LogP contribution in [0.4, 0.5) is 0 Å². The number of aryl methyl sites for hydroxylation is 1. The summed E-state index contributed by atoms with van der Waals surface area (Å²) in [6, 6.07) is 3.85. The first kappa shape index (κ1) is 21.9. The van der Waals surface area contributed by atoms with Crippen LogP contribution < -0.4 is 5.73 Å². The largest absolute Gasteiger partial charge is 0.378 e. The molecule has 2 unspecified atom stereocenters. The molecule has 0 aliphatic heterocycles. The van der Waals surface area contributed by atoms with Gasteiger partial charge in [-0.3, -0.25) is 9.78 Å². The van der Waals surface area contributed by atoms with E-state index in [4.69, 9.17) is 10.5 Å². The number of unbranched alkanes of at least 4 members (excludes halogenated alkanes) is 1. The minimum Gasteiger partial charge on any atom is -0.378 e. The van der Waals surface area contributed by atoms with E-state index in [-0.39, 0.29) is 35.9 Å². The average molecular weight is 370 g/mol. The summed E-state index contributed by atoms with van der Waals surface area (Å²) in [5.74, 6) is 0.0219. The van der Waals surface area contributed by atoms with Crippen LogP contribution in [0.25, 0.3) is 0 Å². The van der Waals surface area contributed by atoms with Crippen molar-refractivity contribution in [3.63, 3.8) is 0 Å². The highest BCUT2D eigenvalue weighted by molar-refractivity contribution is 5.95. The molecule has 0 spiro atoms. The molecule has 6 heteroatoms. The molecular weight excluding hydrogens is 338 g/mol. The van der Waals surface area contributed by atoms with Crippen molar-refractivity contribution in [1.29, 1.82) is 0 Å². The molecule has 5 nitrogen and oxygen atoms in total. The molecule has 2 N–H and O–H groups in total. The summed E-state index contributed by atoms with van der Waals surface area (Å²) in [6.45, 7) is 9.59. The summed E-state index contributed by atoms with van der Waals surface area (Å²) in [5, 5.41) is 0. The number of ether oxygens (including phenoxy) is 1. The van der Waals surface area contributed by atoms with E-state index in [0.717, 1.165) is 37.3 Å². The number of carbonyl (C=O) groups is 1. The van der Waals surface area contributed by atoms with E-state index in [1.165, 1.54) is 0 Å². The number of nitrogens with zero attached hydrogens (tertiary/aromatic N) is 2. The zero-order valence-corrected chi connectivity index (χ0v) is 16.9. The third-order valence-electron chi connectivity index (χ3n) is 5.31. The van der Waals surface area contributed by atoms with Crippen LogP contribution in [-0.2, 0) is 11.3 Å². The van der Waals surface area contributed by atoms with Crippen molar-refractivity contribution < 1.29 is 9.53 Å². The second-order valence-corrected chi connectivity index (χ2v) is 7.34. The van der Waals surface area contributed by atoms with E-state index in [1.54, 1.807) is 0 Å². The van der Waals surface area contributed by atoms with Gasteiger partial charge in [-0.25, -0.2) is 0 Å². The van der Waals surface area contributed by atoms with E-state index in [2.05, 4.69) is 25.8 Å². The third-order valence-corrected chi connectivity index (χ3v) is 5.31. The fourth-order valence-corrected chi connectivity index (χ4v) is 3.46. The fraction of sp³-hybridized carbons (Fsp3) is 0.684. The molecule has 1 heterocycles. The predicted molar refractivity (Wildman–Crippen MR) is 103 cm³/mol. The van der Waals surface area contributed by atoms with E-state index in [0.29, 0.717) is 12.1 Å². The van der Waals surface area contributed by atoms with Gasteiger partial charge in [0.2, 0.25) is 0 Å². The molecule has 2 atom stereocenters. The van der Waals surface area contributed by atoms with Crippen LogP contribution in [0.1, 0.15) is 61.8 Å². The van der Waals surface area contributed by atoms with Crippen molar-refractivity contribution in [2.45, 2.75) is 65.6 Å². The molecule has 0 aromatic carbocycles. The number of carbonyl (C=O) groups excluding carboxylic acids is 1. The Kier molecular flexibility index (Phi) is 7.85. The molecule has 142 valence electrons. The molecule has 2 rings (SSSR count). The van der Waals surface area contributed by atoms with Gasteiger partial charge in [-0.2, -0.15) is 0 Å². The Morgan fingerprint density at radius 2 is 2.12 bits per heavy atom. The van der Waals surface area contributed by atoms with Crippen molar-refractivity contribution in [3.05, 3.63) is 29.1 Å². The van der Waals surface area contributed by atoms with Gasteiger partial charge in [-0.05, 0) is 31.9 Å². The highest BCUT2D eigenvalue weighted by atomic mass is 35.5. The van der Waals surface area contributed by atoms with Crippen molar-refractivity contribution >= 4 is 18.3 Å². The third kappa shape index (κ3) is 4.52. The van der Waals surface area contributed by atoms with Crippen LogP contribution in [-0.4, -0.2) is 41.6 Å². The van der Waals surface area contributed by atoms with Crippen LogP contribution in [0.3, 0.4) is 0 Å². The lowest BCUT2D eigenvalue weighted by Gasteiger charge is -2.55. The quantitative estimate of drug-likeness (QED) is 0.748. The lowest BCUT2D eigenvalue weighted by atomic mass is 9.63. The number of hydrogen-bond donors (Lipinski definition) is 1. The Bertz CT molecular complexity index is 592. The summed E-state index contributed by atoms with van der Waals surface area (Å²) in [4.78, 5) is 19.1. The number of pyridine rings is 1. The van der Waals surface area contributed by atoms with Crippen LogP contribution >= 0.6 is 12.4 Å². The monoisotopic (exact) mass is 369 g/mol. The SMILES string of the molecule is CCCCOC1CC(N(C)C(=O)c2ccc(CN)nc2C)C1(C)C.Cl. The van der Waals surface area contributed by atoms with Gasteiger partial charge in [0.25, 0.3) is 5.91 Å². The van der Waals surface area contributed by atoms with Crippen LogP contribution in [0.2, 0.25) is 0 Å².